The molecule has 1 aliphatic rings. The summed E-state index contributed by atoms with van der Waals surface area (Å²) in [5, 5.41) is 5.22. The summed E-state index contributed by atoms with van der Waals surface area (Å²) in [5.41, 5.74) is 1.99. The zero-order valence-electron chi connectivity index (χ0n) is 11.0. The Morgan fingerprint density at radius 3 is 2.73 bits per heavy atom. The zero-order chi connectivity index (χ0) is 15.9. The Balaban J connectivity index is 1.85. The topological polar surface area (TPSA) is 58.2 Å². The Morgan fingerprint density at radius 1 is 1.18 bits per heavy atom. The van der Waals surface area contributed by atoms with Crippen LogP contribution in [0, 0.1) is 5.82 Å². The first-order valence-electron chi connectivity index (χ1n) is 6.33. The summed E-state index contributed by atoms with van der Waals surface area (Å²) >= 11 is 11.5. The van der Waals surface area contributed by atoms with Gasteiger partial charge in [-0.15, -0.1) is 0 Å². The van der Waals surface area contributed by atoms with Gasteiger partial charge >= 0.3 is 0 Å². The molecule has 2 aromatic carbocycles. The van der Waals surface area contributed by atoms with Gasteiger partial charge < -0.3 is 10.6 Å². The minimum Gasteiger partial charge on any atom is -0.326 e. The van der Waals surface area contributed by atoms with Crippen LogP contribution in [0.4, 0.5) is 15.8 Å². The molecule has 1 aliphatic heterocycles. The van der Waals surface area contributed by atoms with E-state index in [0.717, 1.165) is 17.3 Å². The quantitative estimate of drug-likeness (QED) is 0.816. The Hall–Kier alpha value is -2.11. The number of hydrogen-bond acceptors (Lipinski definition) is 2. The van der Waals surface area contributed by atoms with Crippen LogP contribution in [0.2, 0.25) is 10.0 Å². The van der Waals surface area contributed by atoms with Crippen molar-refractivity contribution in [2.75, 3.05) is 10.6 Å². The molecule has 0 saturated carbocycles. The first-order valence-corrected chi connectivity index (χ1v) is 7.08. The number of halogens is 3. The third-order valence-corrected chi connectivity index (χ3v) is 3.85. The van der Waals surface area contributed by atoms with Gasteiger partial charge in [0.05, 0.1) is 22.0 Å². The molecule has 0 unspecified atom stereocenters. The number of nitrogens with one attached hydrogen (secondary N) is 2. The molecule has 4 nitrogen and oxygen atoms in total. The average Bonchev–Trinajstić information content (AvgIpc) is 2.82. The number of fused-ring (bicyclic) bond motifs is 1. The maximum absolute atomic E-state index is 13.5. The number of hydrogen-bond donors (Lipinski definition) is 2. The second kappa shape index (κ2) is 5.59. The fraction of sp³-hybridized carbons (Fsp3) is 0.0667. The smallest absolute Gasteiger partial charge is 0.257 e. The van der Waals surface area contributed by atoms with Crippen LogP contribution in [0.25, 0.3) is 0 Å². The number of carbonyl (C=O) groups excluding carboxylic acids is 2. The van der Waals surface area contributed by atoms with Crippen LogP contribution in [0.3, 0.4) is 0 Å². The van der Waals surface area contributed by atoms with E-state index in [2.05, 4.69) is 10.6 Å². The Morgan fingerprint density at radius 2 is 1.95 bits per heavy atom. The minimum absolute atomic E-state index is 0.0155. The van der Waals surface area contributed by atoms with Crippen molar-refractivity contribution in [1.82, 2.24) is 0 Å². The van der Waals surface area contributed by atoms with Gasteiger partial charge in [0.2, 0.25) is 5.91 Å². The number of amides is 2. The van der Waals surface area contributed by atoms with Crippen LogP contribution in [-0.4, -0.2) is 11.8 Å². The van der Waals surface area contributed by atoms with Gasteiger partial charge in [-0.2, -0.15) is 0 Å². The van der Waals surface area contributed by atoms with E-state index >= 15 is 0 Å². The predicted octanol–water partition coefficient (Wildman–Crippen LogP) is 3.88. The number of carbonyl (C=O) groups is 2. The minimum atomic E-state index is -0.722. The van der Waals surface area contributed by atoms with Crippen molar-refractivity contribution in [3.8, 4) is 0 Å². The molecule has 0 atom stereocenters. The molecule has 0 fully saturated rings. The summed E-state index contributed by atoms with van der Waals surface area (Å²) in [6, 6.07) is 7.19. The van der Waals surface area contributed by atoms with Crippen molar-refractivity contribution in [3.63, 3.8) is 0 Å². The average molecular weight is 339 g/mol. The van der Waals surface area contributed by atoms with E-state index in [0.29, 0.717) is 5.69 Å². The Labute approximate surface area is 135 Å². The van der Waals surface area contributed by atoms with E-state index in [1.165, 1.54) is 6.07 Å². The van der Waals surface area contributed by atoms with Crippen molar-refractivity contribution in [3.05, 3.63) is 57.3 Å². The maximum Gasteiger partial charge on any atom is 0.257 e. The van der Waals surface area contributed by atoms with Crippen LogP contribution in [0.5, 0.6) is 0 Å². The standard InChI is InChI=1S/C15H9Cl2FN2O2/c16-10-6-11(17)12(18)5-9(10)15(22)19-8-1-2-13-7(3-8)4-14(21)20-13/h1-3,5-6H,4H2,(H,19,22)(H,20,21). The van der Waals surface area contributed by atoms with Gasteiger partial charge in [0, 0.05) is 11.4 Å². The second-order valence-corrected chi connectivity index (χ2v) is 5.61. The zero-order valence-corrected chi connectivity index (χ0v) is 12.6. The van der Waals surface area contributed by atoms with Gasteiger partial charge in [-0.05, 0) is 35.9 Å². The summed E-state index contributed by atoms with van der Waals surface area (Å²) in [6.07, 6.45) is 0.259. The number of rotatable bonds is 2. The molecule has 2 N–H and O–H groups in total. The largest absolute Gasteiger partial charge is 0.326 e. The highest BCUT2D eigenvalue weighted by Crippen LogP contribution is 2.28. The molecule has 22 heavy (non-hydrogen) atoms. The van der Waals surface area contributed by atoms with E-state index in [1.807, 2.05) is 0 Å². The Kier molecular flexibility index (Phi) is 3.76. The SMILES string of the molecule is O=C1Cc2cc(NC(=O)c3cc(F)c(Cl)cc3Cl)ccc2N1. The highest BCUT2D eigenvalue weighted by atomic mass is 35.5. The first kappa shape index (κ1) is 14.8. The number of benzene rings is 2. The lowest BCUT2D eigenvalue weighted by molar-refractivity contribution is -0.115. The maximum atomic E-state index is 13.5. The summed E-state index contributed by atoms with van der Waals surface area (Å²) in [5.74, 6) is -1.38. The lowest BCUT2D eigenvalue weighted by Crippen LogP contribution is -2.13. The normalized spacial score (nSPS) is 12.8. The molecule has 0 bridgehead atoms. The Bertz CT molecular complexity index is 808. The van der Waals surface area contributed by atoms with Gasteiger partial charge in [-0.1, -0.05) is 23.2 Å². The summed E-state index contributed by atoms with van der Waals surface area (Å²) < 4.78 is 13.5. The monoisotopic (exact) mass is 338 g/mol. The summed E-state index contributed by atoms with van der Waals surface area (Å²) in [4.78, 5) is 23.5. The highest BCUT2D eigenvalue weighted by Gasteiger charge is 2.19. The lowest BCUT2D eigenvalue weighted by Gasteiger charge is -2.09. The number of anilines is 2. The van der Waals surface area contributed by atoms with Crippen molar-refractivity contribution in [2.45, 2.75) is 6.42 Å². The van der Waals surface area contributed by atoms with Gasteiger partial charge in [0.15, 0.2) is 0 Å². The van der Waals surface area contributed by atoms with Gasteiger partial charge in [0.1, 0.15) is 5.82 Å². The van der Waals surface area contributed by atoms with Crippen molar-refractivity contribution in [1.29, 1.82) is 0 Å². The molecule has 0 radical (unpaired) electrons. The van der Waals surface area contributed by atoms with E-state index in [-0.39, 0.29) is 27.9 Å². The van der Waals surface area contributed by atoms with E-state index in [9.17, 15) is 14.0 Å². The predicted molar refractivity (Wildman–Crippen MR) is 83.1 cm³/mol. The molecule has 0 saturated heterocycles. The molecular formula is C15H9Cl2FN2O2. The molecular weight excluding hydrogens is 330 g/mol. The molecule has 0 spiro atoms. The first-order chi connectivity index (χ1) is 10.4. The van der Waals surface area contributed by atoms with Crippen molar-refractivity contribution in [2.24, 2.45) is 0 Å². The lowest BCUT2D eigenvalue weighted by atomic mass is 10.1. The van der Waals surface area contributed by atoms with E-state index < -0.39 is 11.7 Å². The molecule has 2 amide bonds. The van der Waals surface area contributed by atoms with Crippen molar-refractivity contribution < 1.29 is 14.0 Å². The highest BCUT2D eigenvalue weighted by molar-refractivity contribution is 6.37. The molecule has 3 rings (SSSR count). The molecule has 0 aromatic heterocycles. The van der Waals surface area contributed by atoms with Gasteiger partial charge in [0.25, 0.3) is 5.91 Å². The van der Waals surface area contributed by atoms with Crippen LogP contribution in [-0.2, 0) is 11.2 Å². The fourth-order valence-corrected chi connectivity index (χ4v) is 2.67. The summed E-state index contributed by atoms with van der Waals surface area (Å²) in [6.45, 7) is 0. The molecule has 1 heterocycles. The second-order valence-electron chi connectivity index (χ2n) is 4.80. The molecule has 7 heteroatoms. The van der Waals surface area contributed by atoms with E-state index in [1.54, 1.807) is 18.2 Å². The third kappa shape index (κ3) is 2.77. The van der Waals surface area contributed by atoms with Crippen LogP contribution >= 0.6 is 23.2 Å². The third-order valence-electron chi connectivity index (χ3n) is 3.24. The van der Waals surface area contributed by atoms with Gasteiger partial charge in [-0.25, -0.2) is 4.39 Å². The molecule has 2 aromatic rings. The van der Waals surface area contributed by atoms with Crippen LogP contribution in [0.15, 0.2) is 30.3 Å². The molecule has 112 valence electrons. The van der Waals surface area contributed by atoms with Crippen LogP contribution in [0.1, 0.15) is 15.9 Å². The molecule has 0 aliphatic carbocycles. The van der Waals surface area contributed by atoms with Gasteiger partial charge in [-0.3, -0.25) is 9.59 Å². The summed E-state index contributed by atoms with van der Waals surface area (Å²) in [7, 11) is 0. The fourth-order valence-electron chi connectivity index (χ4n) is 2.20. The van der Waals surface area contributed by atoms with Crippen molar-refractivity contribution >= 4 is 46.4 Å². The van der Waals surface area contributed by atoms with Crippen LogP contribution < -0.4 is 10.6 Å². The van der Waals surface area contributed by atoms with E-state index in [4.69, 9.17) is 23.2 Å².